The second-order valence-corrected chi connectivity index (χ2v) is 10.2. The van der Waals surface area contributed by atoms with Crippen LogP contribution in [0.2, 0.25) is 15.1 Å². The number of halogens is 3. The molecule has 1 aliphatic rings. The van der Waals surface area contributed by atoms with E-state index in [1.807, 2.05) is 18.2 Å². The number of Topliss-reactive ketones (excluding diaryl/α,β-unsaturated/α-hetero) is 1. The molecule has 1 heterocycles. The van der Waals surface area contributed by atoms with Crippen molar-refractivity contribution in [2.24, 2.45) is 0 Å². The summed E-state index contributed by atoms with van der Waals surface area (Å²) >= 11 is 18.2. The summed E-state index contributed by atoms with van der Waals surface area (Å²) in [5.74, 6) is 0.177. The molecule has 35 heavy (non-hydrogen) atoms. The quantitative estimate of drug-likeness (QED) is 0.287. The summed E-state index contributed by atoms with van der Waals surface area (Å²) < 4.78 is 5.61. The van der Waals surface area contributed by atoms with Gasteiger partial charge in [-0.15, -0.1) is 0 Å². The fourth-order valence-corrected chi connectivity index (χ4v) is 4.42. The number of nitrogens with zero attached hydrogens (tertiary/aromatic N) is 3. The number of hydrogen-bond donors (Lipinski definition) is 0. The molecule has 2 aromatic carbocycles. The Morgan fingerprint density at radius 2 is 1.63 bits per heavy atom. The van der Waals surface area contributed by atoms with E-state index in [4.69, 9.17) is 39.5 Å². The fraction of sp³-hybridized carbons (Fsp3) is 0.462. The first-order valence-corrected chi connectivity index (χ1v) is 12.9. The van der Waals surface area contributed by atoms with Crippen LogP contribution in [0.3, 0.4) is 0 Å². The second kappa shape index (κ2) is 13.5. The molecule has 0 atom stereocenters. The molecule has 0 N–H and O–H groups in total. The van der Waals surface area contributed by atoms with Gasteiger partial charge in [0, 0.05) is 58.3 Å². The molecule has 1 aliphatic heterocycles. The number of benzene rings is 2. The topological polar surface area (TPSA) is 53.1 Å². The Morgan fingerprint density at radius 1 is 0.914 bits per heavy atom. The maximum absolute atomic E-state index is 12.8. The summed E-state index contributed by atoms with van der Waals surface area (Å²) in [7, 11) is 3.32. The number of likely N-dealkylation sites (N-methyl/N-ethyl adjacent to an activating group) is 1. The largest absolute Gasteiger partial charge is 0.483 e. The van der Waals surface area contributed by atoms with Crippen LogP contribution in [0.4, 0.5) is 0 Å². The van der Waals surface area contributed by atoms with Crippen molar-refractivity contribution in [1.82, 2.24) is 14.7 Å². The first kappa shape index (κ1) is 27.8. The van der Waals surface area contributed by atoms with Crippen LogP contribution in [0.15, 0.2) is 36.4 Å². The minimum atomic E-state index is -0.180. The van der Waals surface area contributed by atoms with Crippen LogP contribution in [0, 0.1) is 0 Å². The van der Waals surface area contributed by atoms with E-state index in [-0.39, 0.29) is 18.3 Å². The minimum Gasteiger partial charge on any atom is -0.483 e. The van der Waals surface area contributed by atoms with Gasteiger partial charge in [0.2, 0.25) is 0 Å². The number of ketones is 1. The first-order chi connectivity index (χ1) is 16.7. The predicted octanol–water partition coefficient (Wildman–Crippen LogP) is 5.28. The maximum atomic E-state index is 12.8. The van der Waals surface area contributed by atoms with E-state index in [0.717, 1.165) is 52.1 Å². The van der Waals surface area contributed by atoms with E-state index in [1.165, 1.54) is 10.5 Å². The Kier molecular flexibility index (Phi) is 10.7. The maximum Gasteiger partial charge on any atom is 0.259 e. The van der Waals surface area contributed by atoms with E-state index < -0.39 is 0 Å². The zero-order valence-corrected chi connectivity index (χ0v) is 22.5. The monoisotopic (exact) mass is 539 g/mol. The summed E-state index contributed by atoms with van der Waals surface area (Å²) in [5.41, 5.74) is 1.64. The number of rotatable bonds is 11. The van der Waals surface area contributed by atoms with Gasteiger partial charge < -0.3 is 14.5 Å². The number of piperazine rings is 1. The third-order valence-electron chi connectivity index (χ3n) is 6.08. The highest BCUT2D eigenvalue weighted by molar-refractivity contribution is 6.42. The summed E-state index contributed by atoms with van der Waals surface area (Å²) in [5, 5.41) is 1.64. The van der Waals surface area contributed by atoms with Crippen molar-refractivity contribution in [3.63, 3.8) is 0 Å². The predicted molar refractivity (Wildman–Crippen MR) is 142 cm³/mol. The second-order valence-electron chi connectivity index (χ2n) is 8.96. The van der Waals surface area contributed by atoms with Crippen LogP contribution in [-0.2, 0) is 11.3 Å². The molecule has 1 fully saturated rings. The molecule has 0 aliphatic carbocycles. The zero-order chi connectivity index (χ0) is 25.4. The van der Waals surface area contributed by atoms with Crippen LogP contribution in [0.1, 0.15) is 35.2 Å². The smallest absolute Gasteiger partial charge is 0.259 e. The molecule has 0 aromatic heterocycles. The van der Waals surface area contributed by atoms with Gasteiger partial charge in [0.1, 0.15) is 5.75 Å². The van der Waals surface area contributed by atoms with Gasteiger partial charge in [-0.2, -0.15) is 0 Å². The van der Waals surface area contributed by atoms with Crippen LogP contribution < -0.4 is 4.74 Å². The number of unbranched alkanes of at least 4 members (excludes halogenated alkanes) is 1. The van der Waals surface area contributed by atoms with Crippen molar-refractivity contribution in [2.45, 2.75) is 25.8 Å². The lowest BCUT2D eigenvalue weighted by Crippen LogP contribution is -2.46. The average Bonchev–Trinajstić information content (AvgIpc) is 2.83. The highest BCUT2D eigenvalue weighted by Crippen LogP contribution is 2.26. The van der Waals surface area contributed by atoms with Gasteiger partial charge in [-0.1, -0.05) is 40.9 Å². The van der Waals surface area contributed by atoms with Crippen LogP contribution in [0.25, 0.3) is 0 Å². The molecule has 2 aromatic rings. The normalized spacial score (nSPS) is 14.7. The van der Waals surface area contributed by atoms with Gasteiger partial charge in [-0.05, 0) is 55.3 Å². The molecule has 1 saturated heterocycles. The Bertz CT molecular complexity index is 1020. The van der Waals surface area contributed by atoms with Crippen LogP contribution in [-0.4, -0.2) is 79.8 Å². The van der Waals surface area contributed by atoms with E-state index in [0.29, 0.717) is 32.8 Å². The molecule has 0 spiro atoms. The minimum absolute atomic E-state index is 0.000383. The zero-order valence-electron chi connectivity index (χ0n) is 20.2. The SMILES string of the molecule is CN(C)C(=O)COc1cc(Cl)ccc1C(=O)CCCCN1CCN(Cc2ccc(Cl)c(Cl)c2)CC1. The standard InChI is InChI=1S/C26H32Cl3N3O3/c1-30(2)26(34)18-35-25-16-20(27)7-8-21(25)24(33)5-3-4-10-31-11-13-32(14-12-31)17-19-6-9-22(28)23(29)15-19/h6-9,15-16H,3-5,10-14,17-18H2,1-2H3. The lowest BCUT2D eigenvalue weighted by atomic mass is 10.0. The molecule has 3 rings (SSSR count). The summed E-state index contributed by atoms with van der Waals surface area (Å²) in [6, 6.07) is 10.7. The highest BCUT2D eigenvalue weighted by atomic mass is 35.5. The molecule has 9 heteroatoms. The van der Waals surface area contributed by atoms with Gasteiger partial charge in [0.15, 0.2) is 12.4 Å². The van der Waals surface area contributed by atoms with Crippen molar-refractivity contribution in [1.29, 1.82) is 0 Å². The lowest BCUT2D eigenvalue weighted by molar-refractivity contribution is -0.130. The molecule has 0 unspecified atom stereocenters. The van der Waals surface area contributed by atoms with E-state index in [9.17, 15) is 9.59 Å². The molecule has 0 radical (unpaired) electrons. The number of hydrogen-bond acceptors (Lipinski definition) is 5. The Hall–Kier alpha value is -1.83. The molecule has 0 bridgehead atoms. The van der Waals surface area contributed by atoms with Gasteiger partial charge in [0.25, 0.3) is 5.91 Å². The van der Waals surface area contributed by atoms with Gasteiger partial charge in [-0.3, -0.25) is 14.5 Å². The van der Waals surface area contributed by atoms with Crippen molar-refractivity contribution < 1.29 is 14.3 Å². The number of carbonyl (C=O) groups is 2. The summed E-state index contributed by atoms with van der Waals surface area (Å²) in [6.07, 6.45) is 2.17. The number of ether oxygens (including phenoxy) is 1. The van der Waals surface area contributed by atoms with Crippen LogP contribution >= 0.6 is 34.8 Å². The third-order valence-corrected chi connectivity index (χ3v) is 7.05. The average molecular weight is 541 g/mol. The summed E-state index contributed by atoms with van der Waals surface area (Å²) in [6.45, 7) is 5.70. The molecular weight excluding hydrogens is 509 g/mol. The molecule has 190 valence electrons. The Balaban J connectivity index is 1.39. The first-order valence-electron chi connectivity index (χ1n) is 11.8. The van der Waals surface area contributed by atoms with Gasteiger partial charge >= 0.3 is 0 Å². The van der Waals surface area contributed by atoms with Crippen molar-refractivity contribution in [2.75, 3.05) is 53.4 Å². The number of amides is 1. The molecule has 6 nitrogen and oxygen atoms in total. The highest BCUT2D eigenvalue weighted by Gasteiger charge is 2.18. The molecule has 0 saturated carbocycles. The Labute approximate surface area is 222 Å². The summed E-state index contributed by atoms with van der Waals surface area (Å²) in [4.78, 5) is 31.0. The molecular formula is C26H32Cl3N3O3. The lowest BCUT2D eigenvalue weighted by Gasteiger charge is -2.34. The van der Waals surface area contributed by atoms with Crippen LogP contribution in [0.5, 0.6) is 5.75 Å². The van der Waals surface area contributed by atoms with E-state index in [1.54, 1.807) is 32.3 Å². The van der Waals surface area contributed by atoms with Crippen molar-refractivity contribution >= 4 is 46.5 Å². The van der Waals surface area contributed by atoms with Gasteiger partial charge in [0.05, 0.1) is 15.6 Å². The van der Waals surface area contributed by atoms with Crippen molar-refractivity contribution in [3.8, 4) is 5.75 Å². The third kappa shape index (κ3) is 8.65. The van der Waals surface area contributed by atoms with E-state index in [2.05, 4.69) is 9.80 Å². The Morgan fingerprint density at radius 3 is 2.31 bits per heavy atom. The van der Waals surface area contributed by atoms with E-state index >= 15 is 0 Å². The van der Waals surface area contributed by atoms with Gasteiger partial charge in [-0.25, -0.2) is 0 Å². The number of carbonyl (C=O) groups excluding carboxylic acids is 2. The fourth-order valence-electron chi connectivity index (χ4n) is 3.94. The van der Waals surface area contributed by atoms with Crippen molar-refractivity contribution in [3.05, 3.63) is 62.6 Å². The molecule has 1 amide bonds.